The molecule has 2 bridgehead atoms. The maximum Gasteiger partial charge on any atom is 0.255 e. The van der Waals surface area contributed by atoms with E-state index in [0.29, 0.717) is 25.0 Å². The number of sulfone groups is 1. The Kier molecular flexibility index (Phi) is 7.75. The molecule has 0 spiro atoms. The predicted molar refractivity (Wildman–Crippen MR) is 142 cm³/mol. The number of hydrogen-bond acceptors (Lipinski definition) is 5. The number of benzene rings is 2. The summed E-state index contributed by atoms with van der Waals surface area (Å²) in [6.45, 7) is 0.0646. The summed E-state index contributed by atoms with van der Waals surface area (Å²) < 4.78 is 67.5. The smallest absolute Gasteiger partial charge is 0.255 e. The lowest BCUT2D eigenvalue weighted by Crippen LogP contribution is -2.66. The van der Waals surface area contributed by atoms with Crippen molar-refractivity contribution in [3.63, 3.8) is 0 Å². The third-order valence-electron chi connectivity index (χ3n) is 8.44. The Morgan fingerprint density at radius 3 is 2.33 bits per heavy atom. The Hall–Kier alpha value is -2.89. The largest absolute Gasteiger partial charge is 0.387 e. The van der Waals surface area contributed by atoms with E-state index < -0.39 is 44.0 Å². The first-order valence-corrected chi connectivity index (χ1v) is 15.0. The van der Waals surface area contributed by atoms with Crippen LogP contribution in [0.1, 0.15) is 48.9 Å². The predicted octanol–water partition coefficient (Wildman–Crippen LogP) is 4.79. The standard InChI is InChI=1S/C28H28ClF3N2O5S/c29-21-7-6-16(27(36)34-19-12-22(30)25(32)23(31)13-19)8-24(21)40(38,39)20-10-17-9-18(11-20)28(17,37)14-33-26(35)15-4-2-1-3-5-15/h1-2,6-8,12-13,15,17-18,20,37H,3-5,9-11,14H2,(H,33,35)(H,34,36). The monoisotopic (exact) mass is 596 g/mol. The van der Waals surface area contributed by atoms with Crippen LogP contribution >= 0.6 is 11.6 Å². The van der Waals surface area contributed by atoms with Crippen molar-refractivity contribution in [1.82, 2.24) is 5.32 Å². The molecule has 12 heteroatoms. The van der Waals surface area contributed by atoms with Gasteiger partial charge in [-0.1, -0.05) is 23.8 Å². The van der Waals surface area contributed by atoms with Crippen LogP contribution in [0.4, 0.5) is 18.9 Å². The van der Waals surface area contributed by atoms with Gasteiger partial charge in [-0.25, -0.2) is 21.6 Å². The zero-order valence-electron chi connectivity index (χ0n) is 21.3. The van der Waals surface area contributed by atoms with Gasteiger partial charge in [0, 0.05) is 35.8 Å². The first-order valence-electron chi connectivity index (χ1n) is 13.0. The maximum atomic E-state index is 13.6. The van der Waals surface area contributed by atoms with Gasteiger partial charge in [-0.05, 0) is 68.6 Å². The van der Waals surface area contributed by atoms with E-state index in [2.05, 4.69) is 10.6 Å². The fourth-order valence-electron chi connectivity index (χ4n) is 6.08. The summed E-state index contributed by atoms with van der Waals surface area (Å²) in [5, 5.41) is 15.4. The number of allylic oxidation sites excluding steroid dienone is 2. The summed E-state index contributed by atoms with van der Waals surface area (Å²) in [7, 11) is -4.03. The lowest BCUT2D eigenvalue weighted by Gasteiger charge is -2.58. The molecule has 7 nitrogen and oxygen atoms in total. The van der Waals surface area contributed by atoms with E-state index in [0.717, 1.165) is 18.9 Å². The second-order valence-corrected chi connectivity index (χ2v) is 13.4. The highest BCUT2D eigenvalue weighted by Crippen LogP contribution is 2.55. The topological polar surface area (TPSA) is 113 Å². The van der Waals surface area contributed by atoms with E-state index in [1.165, 1.54) is 12.1 Å². The number of hydrogen-bond donors (Lipinski definition) is 3. The van der Waals surface area contributed by atoms with E-state index in [1.807, 2.05) is 12.2 Å². The zero-order valence-corrected chi connectivity index (χ0v) is 22.9. The first kappa shape index (κ1) is 28.6. The summed E-state index contributed by atoms with van der Waals surface area (Å²) in [6.07, 6.45) is 7.24. The minimum atomic E-state index is -4.03. The van der Waals surface area contributed by atoms with E-state index in [9.17, 15) is 36.3 Å². The lowest BCUT2D eigenvalue weighted by molar-refractivity contribution is -0.174. The van der Waals surface area contributed by atoms with Crippen molar-refractivity contribution in [1.29, 1.82) is 0 Å². The molecule has 3 N–H and O–H groups in total. The van der Waals surface area contributed by atoms with Crippen LogP contribution in [0, 0.1) is 35.2 Å². The van der Waals surface area contributed by atoms with Gasteiger partial charge in [-0.2, -0.15) is 0 Å². The molecule has 2 aromatic rings. The number of halogens is 4. The van der Waals surface area contributed by atoms with Crippen LogP contribution in [-0.4, -0.2) is 42.7 Å². The molecule has 0 radical (unpaired) electrons. The molecule has 6 rings (SSSR count). The van der Waals surface area contributed by atoms with E-state index in [1.54, 1.807) is 0 Å². The minimum absolute atomic E-state index is 0.0646. The van der Waals surface area contributed by atoms with Crippen molar-refractivity contribution in [2.24, 2.45) is 17.8 Å². The van der Waals surface area contributed by atoms with Gasteiger partial charge < -0.3 is 15.7 Å². The van der Waals surface area contributed by atoms with Gasteiger partial charge in [-0.15, -0.1) is 0 Å². The minimum Gasteiger partial charge on any atom is -0.387 e. The fourth-order valence-corrected chi connectivity index (χ4v) is 8.48. The quantitative estimate of drug-likeness (QED) is 0.314. The van der Waals surface area contributed by atoms with Crippen LogP contribution in [-0.2, 0) is 14.6 Å². The number of nitrogens with one attached hydrogen (secondary N) is 2. The molecule has 0 saturated heterocycles. The highest BCUT2D eigenvalue weighted by molar-refractivity contribution is 7.92. The van der Waals surface area contributed by atoms with Crippen LogP contribution in [0.25, 0.3) is 0 Å². The molecule has 2 amide bonds. The Balaban J connectivity index is 1.27. The highest BCUT2D eigenvalue weighted by atomic mass is 35.5. The van der Waals surface area contributed by atoms with Crippen LogP contribution in [0.2, 0.25) is 5.02 Å². The van der Waals surface area contributed by atoms with E-state index >= 15 is 0 Å². The molecule has 4 aliphatic rings. The molecule has 4 aliphatic carbocycles. The van der Waals surface area contributed by atoms with Gasteiger partial charge in [0.2, 0.25) is 5.91 Å². The summed E-state index contributed by atoms with van der Waals surface area (Å²) in [4.78, 5) is 25.0. The van der Waals surface area contributed by atoms with E-state index in [4.69, 9.17) is 11.6 Å². The molecule has 0 aromatic heterocycles. The maximum absolute atomic E-state index is 13.6. The van der Waals surface area contributed by atoms with Gasteiger partial charge >= 0.3 is 0 Å². The number of carbonyl (C=O) groups excluding carboxylic acids is 2. The number of carbonyl (C=O) groups is 2. The van der Waals surface area contributed by atoms with Crippen molar-refractivity contribution in [3.05, 3.63) is 70.5 Å². The summed E-state index contributed by atoms with van der Waals surface area (Å²) >= 11 is 6.23. The third kappa shape index (κ3) is 5.26. The highest BCUT2D eigenvalue weighted by Gasteiger charge is 2.60. The second-order valence-electron chi connectivity index (χ2n) is 10.8. The van der Waals surface area contributed by atoms with Gasteiger partial charge in [-0.3, -0.25) is 9.59 Å². The van der Waals surface area contributed by atoms with Gasteiger partial charge in [0.15, 0.2) is 27.3 Å². The molecule has 40 heavy (non-hydrogen) atoms. The Labute approximate surface area is 234 Å². The van der Waals surface area contributed by atoms with E-state index in [-0.39, 0.29) is 64.2 Å². The fraction of sp³-hybridized carbons (Fsp3) is 0.429. The molecule has 0 heterocycles. The molecule has 214 valence electrons. The van der Waals surface area contributed by atoms with Crippen molar-refractivity contribution >= 4 is 38.9 Å². The summed E-state index contributed by atoms with van der Waals surface area (Å²) in [5.74, 6) is -6.43. The van der Waals surface area contributed by atoms with Crippen LogP contribution < -0.4 is 10.6 Å². The molecular weight excluding hydrogens is 569 g/mol. The molecule has 3 fully saturated rings. The molecule has 3 unspecified atom stereocenters. The molecule has 3 atom stereocenters. The van der Waals surface area contributed by atoms with Crippen molar-refractivity contribution in [2.45, 2.75) is 54.3 Å². The number of fused-ring (bicyclic) bond motifs is 2. The number of aliphatic hydroxyl groups is 1. The van der Waals surface area contributed by atoms with Crippen LogP contribution in [0.3, 0.4) is 0 Å². The van der Waals surface area contributed by atoms with Crippen LogP contribution in [0.15, 0.2) is 47.4 Å². The zero-order chi connectivity index (χ0) is 28.8. The number of amides is 2. The summed E-state index contributed by atoms with van der Waals surface area (Å²) in [5.41, 5.74) is -1.66. The Bertz CT molecular complexity index is 1460. The molecule has 3 saturated carbocycles. The van der Waals surface area contributed by atoms with Crippen molar-refractivity contribution < 1.29 is 36.3 Å². The van der Waals surface area contributed by atoms with Crippen LogP contribution in [0.5, 0.6) is 0 Å². The van der Waals surface area contributed by atoms with Crippen molar-refractivity contribution in [3.8, 4) is 0 Å². The lowest BCUT2D eigenvalue weighted by atomic mass is 9.53. The number of rotatable bonds is 7. The molecule has 2 aromatic carbocycles. The van der Waals surface area contributed by atoms with Gasteiger partial charge in [0.1, 0.15) is 0 Å². The van der Waals surface area contributed by atoms with Crippen molar-refractivity contribution in [2.75, 3.05) is 11.9 Å². The van der Waals surface area contributed by atoms with Gasteiger partial charge in [0.05, 0.1) is 20.8 Å². The van der Waals surface area contributed by atoms with Gasteiger partial charge in [0.25, 0.3) is 5.91 Å². The third-order valence-corrected chi connectivity index (χ3v) is 11.1. The summed E-state index contributed by atoms with van der Waals surface area (Å²) in [6, 6.07) is 4.80. The SMILES string of the molecule is O=C(Nc1cc(F)c(F)c(F)c1)c1ccc(Cl)c(S(=O)(=O)C2CC3CC(C2)C3(O)CNC(=O)C2CC=CCC2)c1. The molecule has 0 aliphatic heterocycles. The Morgan fingerprint density at radius 2 is 1.70 bits per heavy atom. The Morgan fingerprint density at radius 1 is 1.02 bits per heavy atom. The molecular formula is C28H28ClF3N2O5S. The number of anilines is 1. The average molecular weight is 597 g/mol. The normalized spacial score (nSPS) is 27.5. The average Bonchev–Trinajstić information content (AvgIpc) is 2.94. The first-order chi connectivity index (χ1) is 18.9. The second kappa shape index (κ2) is 10.8.